The van der Waals surface area contributed by atoms with E-state index < -0.39 is 11.5 Å². The van der Waals surface area contributed by atoms with Crippen LogP contribution in [0.5, 0.6) is 0 Å². The summed E-state index contributed by atoms with van der Waals surface area (Å²) >= 11 is 0. The predicted molar refractivity (Wildman–Crippen MR) is 111 cm³/mol. The van der Waals surface area contributed by atoms with E-state index in [0.717, 1.165) is 10.9 Å². The second kappa shape index (κ2) is 8.27. The Morgan fingerprint density at radius 2 is 2.14 bits per heavy atom. The largest absolute Gasteiger partial charge is 0.371 e. The maximum absolute atomic E-state index is 11.8. The number of carbonyl (C=O) groups is 2. The van der Waals surface area contributed by atoms with E-state index >= 15 is 0 Å². The number of nitrogens with one attached hydrogen (secondary N) is 1. The first-order chi connectivity index (χ1) is 13.8. The molecular weight excluding hydrogens is 368 g/mol. The molecule has 148 valence electrons. The quantitative estimate of drug-likeness (QED) is 0.437. The van der Waals surface area contributed by atoms with Crippen LogP contribution < -0.4 is 5.73 Å². The molecule has 7 nitrogen and oxygen atoms in total. The lowest BCUT2D eigenvalue weighted by atomic mass is 10.0. The van der Waals surface area contributed by atoms with Crippen LogP contribution in [0.25, 0.3) is 22.2 Å². The summed E-state index contributed by atoms with van der Waals surface area (Å²) in [6, 6.07) is 10.9. The van der Waals surface area contributed by atoms with Gasteiger partial charge in [0.25, 0.3) is 5.91 Å². The van der Waals surface area contributed by atoms with Gasteiger partial charge in [0.2, 0.25) is 0 Å². The van der Waals surface area contributed by atoms with Gasteiger partial charge in [-0.15, -0.1) is 0 Å². The number of benzene rings is 1. The molecule has 1 atom stereocenters. The molecule has 0 fully saturated rings. The summed E-state index contributed by atoms with van der Waals surface area (Å²) in [6.45, 7) is 0.528. The summed E-state index contributed by atoms with van der Waals surface area (Å²) in [5.41, 5.74) is 6.45. The number of hydrogen-bond acceptors (Lipinski definition) is 5. The van der Waals surface area contributed by atoms with Crippen LogP contribution in [0, 0.1) is 11.8 Å². The van der Waals surface area contributed by atoms with Crippen molar-refractivity contribution in [3.05, 3.63) is 53.9 Å². The van der Waals surface area contributed by atoms with Crippen molar-refractivity contribution < 1.29 is 14.7 Å². The number of nitrogens with two attached hydrogens (primary N) is 1. The third kappa shape index (κ3) is 4.69. The summed E-state index contributed by atoms with van der Waals surface area (Å²) in [5, 5.41) is 11.2. The first-order valence-electron chi connectivity index (χ1n) is 9.06. The molecule has 1 unspecified atom stereocenters. The van der Waals surface area contributed by atoms with Gasteiger partial charge in [0.05, 0.1) is 11.2 Å². The molecule has 3 rings (SSSR count). The highest BCUT2D eigenvalue weighted by Crippen LogP contribution is 2.24. The molecule has 2 aromatic heterocycles. The Morgan fingerprint density at radius 3 is 2.83 bits per heavy atom. The van der Waals surface area contributed by atoms with E-state index in [-0.39, 0.29) is 12.1 Å². The summed E-state index contributed by atoms with van der Waals surface area (Å²) in [5.74, 6) is 4.91. The maximum atomic E-state index is 11.8. The van der Waals surface area contributed by atoms with E-state index in [0.29, 0.717) is 29.6 Å². The van der Waals surface area contributed by atoms with Gasteiger partial charge in [-0.2, -0.15) is 0 Å². The lowest BCUT2D eigenvalue weighted by Gasteiger charge is -2.17. The van der Waals surface area contributed by atoms with E-state index in [1.54, 1.807) is 24.4 Å². The average molecular weight is 390 g/mol. The van der Waals surface area contributed by atoms with Crippen LogP contribution in [0.4, 0.5) is 0 Å². The number of rotatable bonds is 6. The van der Waals surface area contributed by atoms with Crippen LogP contribution in [-0.4, -0.2) is 58.4 Å². The van der Waals surface area contributed by atoms with Crippen molar-refractivity contribution in [1.29, 1.82) is 0 Å². The van der Waals surface area contributed by atoms with E-state index in [9.17, 15) is 14.7 Å². The van der Waals surface area contributed by atoms with Gasteiger partial charge in [-0.05, 0) is 38.4 Å². The third-order valence-corrected chi connectivity index (χ3v) is 4.49. The molecule has 4 N–H and O–H groups in total. The molecule has 0 aliphatic carbocycles. The van der Waals surface area contributed by atoms with E-state index in [1.165, 1.54) is 0 Å². The zero-order valence-electron chi connectivity index (χ0n) is 16.3. The number of pyridine rings is 1. The molecule has 0 saturated heterocycles. The normalized spacial score (nSPS) is 13.0. The number of amides is 1. The number of aldehydes is 1. The first-order valence-corrected chi connectivity index (χ1v) is 9.06. The van der Waals surface area contributed by atoms with Crippen molar-refractivity contribution in [2.75, 3.05) is 20.6 Å². The Labute approximate surface area is 168 Å². The van der Waals surface area contributed by atoms with Crippen LogP contribution >= 0.6 is 0 Å². The minimum absolute atomic E-state index is 0.165. The zero-order chi connectivity index (χ0) is 21.0. The van der Waals surface area contributed by atoms with Gasteiger partial charge in [-0.1, -0.05) is 24.0 Å². The van der Waals surface area contributed by atoms with Crippen molar-refractivity contribution in [1.82, 2.24) is 14.9 Å². The lowest BCUT2D eigenvalue weighted by molar-refractivity contribution is -0.119. The molecule has 7 heteroatoms. The van der Waals surface area contributed by atoms with Crippen molar-refractivity contribution in [2.45, 2.75) is 12.0 Å². The molecule has 0 aliphatic heterocycles. The zero-order valence-corrected chi connectivity index (χ0v) is 16.3. The fourth-order valence-electron chi connectivity index (χ4n) is 2.87. The molecule has 0 bridgehead atoms. The van der Waals surface area contributed by atoms with Crippen molar-refractivity contribution >= 4 is 23.1 Å². The highest BCUT2D eigenvalue weighted by atomic mass is 16.3. The molecule has 2 heterocycles. The van der Waals surface area contributed by atoms with Crippen molar-refractivity contribution in [3.63, 3.8) is 0 Å². The molecule has 0 radical (unpaired) electrons. The number of aliphatic hydroxyl groups is 1. The van der Waals surface area contributed by atoms with E-state index in [2.05, 4.69) is 21.8 Å². The van der Waals surface area contributed by atoms with Gasteiger partial charge in [0, 0.05) is 35.7 Å². The summed E-state index contributed by atoms with van der Waals surface area (Å²) in [6.07, 6.45) is 2.40. The smallest absolute Gasteiger partial charge is 0.269 e. The van der Waals surface area contributed by atoms with Gasteiger partial charge in [-0.3, -0.25) is 9.59 Å². The minimum atomic E-state index is -1.71. The number of aromatic amines is 1. The third-order valence-electron chi connectivity index (χ3n) is 4.49. The van der Waals surface area contributed by atoms with Crippen LogP contribution in [0.3, 0.4) is 0 Å². The van der Waals surface area contributed by atoms with Gasteiger partial charge in [0.1, 0.15) is 0 Å². The number of fused-ring (bicyclic) bond motifs is 1. The fraction of sp³-hybridized carbons (Fsp3) is 0.227. The Kier molecular flexibility index (Phi) is 5.78. The van der Waals surface area contributed by atoms with E-state index in [4.69, 9.17) is 5.73 Å². The lowest BCUT2D eigenvalue weighted by Crippen LogP contribution is -2.33. The Hall–Kier alpha value is -3.47. The Balaban J connectivity index is 1.96. The van der Waals surface area contributed by atoms with Crippen LogP contribution in [0.15, 0.2) is 42.6 Å². The maximum Gasteiger partial charge on any atom is 0.269 e. The fourth-order valence-corrected chi connectivity index (χ4v) is 2.87. The number of aromatic nitrogens is 2. The molecule has 3 aromatic rings. The molecule has 29 heavy (non-hydrogen) atoms. The second-order valence-corrected chi connectivity index (χ2v) is 7.09. The van der Waals surface area contributed by atoms with Crippen LogP contribution in [-0.2, 0) is 4.79 Å². The van der Waals surface area contributed by atoms with Gasteiger partial charge in [0.15, 0.2) is 17.6 Å². The SMILES string of the molecule is CN(C)CCC(O)(C#Cc1cccc(-c2cc3cc[nH]c3c(C(N)=O)n2)c1)C=O. The number of primary amides is 1. The summed E-state index contributed by atoms with van der Waals surface area (Å²) in [4.78, 5) is 32.3. The predicted octanol–water partition coefficient (Wildman–Crippen LogP) is 1.56. The molecule has 1 aromatic carbocycles. The molecule has 1 amide bonds. The second-order valence-electron chi connectivity index (χ2n) is 7.09. The topological polar surface area (TPSA) is 112 Å². The molecule has 0 saturated carbocycles. The average Bonchev–Trinajstić information content (AvgIpc) is 3.19. The number of carbonyl (C=O) groups excluding carboxylic acids is 2. The molecule has 0 spiro atoms. The summed E-state index contributed by atoms with van der Waals surface area (Å²) < 4.78 is 0. The van der Waals surface area contributed by atoms with Crippen molar-refractivity contribution in [2.24, 2.45) is 5.73 Å². The van der Waals surface area contributed by atoms with Gasteiger partial charge >= 0.3 is 0 Å². The first kappa shape index (κ1) is 20.3. The van der Waals surface area contributed by atoms with Gasteiger partial charge in [-0.25, -0.2) is 4.98 Å². The van der Waals surface area contributed by atoms with Gasteiger partial charge < -0.3 is 20.7 Å². The highest BCUT2D eigenvalue weighted by Gasteiger charge is 2.23. The highest BCUT2D eigenvalue weighted by molar-refractivity contribution is 6.04. The monoisotopic (exact) mass is 390 g/mol. The number of H-pyrrole nitrogens is 1. The molecule has 0 aliphatic rings. The Bertz CT molecular complexity index is 1120. The minimum Gasteiger partial charge on any atom is -0.371 e. The Morgan fingerprint density at radius 1 is 1.34 bits per heavy atom. The summed E-state index contributed by atoms with van der Waals surface area (Å²) in [7, 11) is 3.72. The molecular formula is C22H22N4O3. The van der Waals surface area contributed by atoms with Crippen molar-refractivity contribution in [3.8, 4) is 23.1 Å². The van der Waals surface area contributed by atoms with E-state index in [1.807, 2.05) is 37.2 Å². The number of nitrogens with zero attached hydrogens (tertiary/aromatic N) is 2. The van der Waals surface area contributed by atoms with Crippen LogP contribution in [0.1, 0.15) is 22.5 Å². The number of hydrogen-bond donors (Lipinski definition) is 3. The standard InChI is InChI=1S/C22H22N4O3/c1-26(2)11-9-22(29,14-27)8-6-15-4-3-5-16(12-15)18-13-17-7-10-24-19(17)20(25-18)21(23)28/h3-5,7,10,12-14,24,29H,9,11H2,1-2H3,(H2,23,28). The van der Waals surface area contributed by atoms with Crippen LogP contribution in [0.2, 0.25) is 0 Å².